The Hall–Kier alpha value is -2.71. The van der Waals surface area contributed by atoms with Gasteiger partial charge in [-0.1, -0.05) is 36.8 Å². The van der Waals surface area contributed by atoms with Gasteiger partial charge in [-0.2, -0.15) is 5.26 Å². The van der Waals surface area contributed by atoms with Crippen LogP contribution in [0.2, 0.25) is 0 Å². The number of hydrogen-bond acceptors (Lipinski definition) is 4. The van der Waals surface area contributed by atoms with E-state index in [0.29, 0.717) is 29.5 Å². The number of rotatable bonds is 5. The Bertz CT molecular complexity index is 797. The Morgan fingerprint density at radius 3 is 2.81 bits per heavy atom. The molecule has 1 fully saturated rings. The SMILES string of the molecule is Cc1nc(C(=O)NCC2CCCCN2Cc2ccccc2)ccc1C#N. The van der Waals surface area contributed by atoms with E-state index in [9.17, 15) is 4.79 Å². The number of hydrogen-bond donors (Lipinski definition) is 1. The van der Waals surface area contributed by atoms with Crippen LogP contribution in [0.1, 0.15) is 46.6 Å². The summed E-state index contributed by atoms with van der Waals surface area (Å²) in [4.78, 5) is 19.1. The van der Waals surface area contributed by atoms with E-state index in [1.807, 2.05) is 6.07 Å². The Balaban J connectivity index is 1.60. The third-order valence-corrected chi connectivity index (χ3v) is 4.91. The summed E-state index contributed by atoms with van der Waals surface area (Å²) in [5.41, 5.74) is 2.76. The van der Waals surface area contributed by atoms with Gasteiger partial charge in [-0.3, -0.25) is 9.69 Å². The van der Waals surface area contributed by atoms with Gasteiger partial charge in [-0.05, 0) is 44.0 Å². The van der Waals surface area contributed by atoms with Gasteiger partial charge in [0.2, 0.25) is 0 Å². The van der Waals surface area contributed by atoms with E-state index in [-0.39, 0.29) is 5.91 Å². The molecule has 1 atom stereocenters. The van der Waals surface area contributed by atoms with Crippen molar-refractivity contribution in [3.05, 3.63) is 65.0 Å². The van der Waals surface area contributed by atoms with Crippen LogP contribution in [0.25, 0.3) is 0 Å². The Kier molecular flexibility index (Phi) is 5.98. The monoisotopic (exact) mass is 348 g/mol. The van der Waals surface area contributed by atoms with Crippen molar-refractivity contribution in [1.82, 2.24) is 15.2 Å². The van der Waals surface area contributed by atoms with Crippen LogP contribution < -0.4 is 5.32 Å². The molecule has 0 radical (unpaired) electrons. The second-order valence-corrected chi connectivity index (χ2v) is 6.76. The van der Waals surface area contributed by atoms with Crippen molar-refractivity contribution in [3.63, 3.8) is 0 Å². The molecule has 26 heavy (non-hydrogen) atoms. The van der Waals surface area contributed by atoms with Gasteiger partial charge in [0.25, 0.3) is 5.91 Å². The van der Waals surface area contributed by atoms with Gasteiger partial charge < -0.3 is 5.32 Å². The van der Waals surface area contributed by atoms with Crippen molar-refractivity contribution in [2.75, 3.05) is 13.1 Å². The van der Waals surface area contributed by atoms with Crippen molar-refractivity contribution in [2.24, 2.45) is 0 Å². The van der Waals surface area contributed by atoms with Crippen molar-refractivity contribution >= 4 is 5.91 Å². The summed E-state index contributed by atoms with van der Waals surface area (Å²) in [6.07, 6.45) is 3.49. The molecule has 1 saturated heterocycles. The van der Waals surface area contributed by atoms with Crippen LogP contribution in [0.5, 0.6) is 0 Å². The highest BCUT2D eigenvalue weighted by Crippen LogP contribution is 2.19. The molecule has 1 N–H and O–H groups in total. The van der Waals surface area contributed by atoms with Crippen molar-refractivity contribution in [1.29, 1.82) is 5.26 Å². The van der Waals surface area contributed by atoms with Gasteiger partial charge in [0.05, 0.1) is 11.3 Å². The molecule has 0 saturated carbocycles. The highest BCUT2D eigenvalue weighted by molar-refractivity contribution is 5.92. The van der Waals surface area contributed by atoms with Crippen molar-refractivity contribution < 1.29 is 4.79 Å². The predicted molar refractivity (Wildman–Crippen MR) is 101 cm³/mol. The first-order valence-electron chi connectivity index (χ1n) is 9.11. The fraction of sp³-hybridized carbons (Fsp3) is 0.381. The molecule has 2 aromatic rings. The lowest BCUT2D eigenvalue weighted by molar-refractivity contribution is 0.0902. The molecular weight excluding hydrogens is 324 g/mol. The molecule has 0 aliphatic carbocycles. The molecule has 5 nitrogen and oxygen atoms in total. The molecule has 5 heteroatoms. The molecule has 1 unspecified atom stereocenters. The summed E-state index contributed by atoms with van der Waals surface area (Å²) in [5, 5.41) is 12.0. The maximum atomic E-state index is 12.4. The normalized spacial score (nSPS) is 17.5. The lowest BCUT2D eigenvalue weighted by Gasteiger charge is -2.35. The first-order valence-corrected chi connectivity index (χ1v) is 9.11. The largest absolute Gasteiger partial charge is 0.349 e. The van der Waals surface area contributed by atoms with Gasteiger partial charge in [0, 0.05) is 19.1 Å². The molecule has 1 aromatic carbocycles. The quantitative estimate of drug-likeness (QED) is 0.902. The molecular formula is C21H24N4O. The molecule has 1 aliphatic heterocycles. The van der Waals surface area contributed by atoms with E-state index in [4.69, 9.17) is 5.26 Å². The summed E-state index contributed by atoms with van der Waals surface area (Å²) >= 11 is 0. The molecule has 3 rings (SSSR count). The van der Waals surface area contributed by atoms with Gasteiger partial charge in [-0.25, -0.2) is 4.98 Å². The average Bonchev–Trinajstić information content (AvgIpc) is 2.68. The van der Waals surface area contributed by atoms with Crippen LogP contribution in [0, 0.1) is 18.3 Å². The van der Waals surface area contributed by atoms with E-state index < -0.39 is 0 Å². The Morgan fingerprint density at radius 2 is 2.08 bits per heavy atom. The van der Waals surface area contributed by atoms with Crippen LogP contribution in [0.3, 0.4) is 0 Å². The van der Waals surface area contributed by atoms with Gasteiger partial charge in [0.1, 0.15) is 11.8 Å². The zero-order chi connectivity index (χ0) is 18.4. The molecule has 1 amide bonds. The number of pyridine rings is 1. The summed E-state index contributed by atoms with van der Waals surface area (Å²) in [5.74, 6) is -0.178. The summed E-state index contributed by atoms with van der Waals surface area (Å²) < 4.78 is 0. The highest BCUT2D eigenvalue weighted by Gasteiger charge is 2.23. The number of aryl methyl sites for hydroxylation is 1. The van der Waals surface area contributed by atoms with Crippen LogP contribution in [-0.2, 0) is 6.54 Å². The van der Waals surface area contributed by atoms with Crippen LogP contribution in [0.4, 0.5) is 0 Å². The lowest BCUT2D eigenvalue weighted by atomic mass is 10.0. The Morgan fingerprint density at radius 1 is 1.27 bits per heavy atom. The second-order valence-electron chi connectivity index (χ2n) is 6.76. The third kappa shape index (κ3) is 4.47. The smallest absolute Gasteiger partial charge is 0.269 e. The zero-order valence-electron chi connectivity index (χ0n) is 15.1. The molecule has 1 aliphatic rings. The van der Waals surface area contributed by atoms with E-state index in [1.165, 1.54) is 18.4 Å². The first kappa shape index (κ1) is 18.1. The summed E-state index contributed by atoms with van der Waals surface area (Å²) in [6, 6.07) is 16.1. The van der Waals surface area contributed by atoms with Crippen LogP contribution in [0.15, 0.2) is 42.5 Å². The first-order chi connectivity index (χ1) is 12.7. The number of benzene rings is 1. The summed E-state index contributed by atoms with van der Waals surface area (Å²) in [6.45, 7) is 4.34. The third-order valence-electron chi connectivity index (χ3n) is 4.91. The van der Waals surface area contributed by atoms with Crippen LogP contribution >= 0.6 is 0 Å². The van der Waals surface area contributed by atoms with Gasteiger partial charge in [0.15, 0.2) is 0 Å². The number of nitrogens with one attached hydrogen (secondary N) is 1. The second kappa shape index (κ2) is 8.59. The van der Waals surface area contributed by atoms with Gasteiger partial charge >= 0.3 is 0 Å². The maximum Gasteiger partial charge on any atom is 0.269 e. The van der Waals surface area contributed by atoms with Crippen molar-refractivity contribution in [2.45, 2.75) is 38.8 Å². The average molecular weight is 348 g/mol. The molecule has 0 spiro atoms. The number of piperidine rings is 1. The summed E-state index contributed by atoms with van der Waals surface area (Å²) in [7, 11) is 0. The minimum Gasteiger partial charge on any atom is -0.349 e. The number of amides is 1. The topological polar surface area (TPSA) is 69.0 Å². The van der Waals surface area contributed by atoms with Crippen molar-refractivity contribution in [3.8, 4) is 6.07 Å². The number of carbonyl (C=O) groups is 1. The lowest BCUT2D eigenvalue weighted by Crippen LogP contribution is -2.46. The number of aromatic nitrogens is 1. The zero-order valence-corrected chi connectivity index (χ0v) is 15.1. The molecule has 0 bridgehead atoms. The predicted octanol–water partition coefficient (Wildman–Crippen LogP) is 3.05. The van der Waals surface area contributed by atoms with E-state index in [0.717, 1.165) is 19.5 Å². The standard InChI is InChI=1S/C21H24N4O/c1-16-18(13-22)10-11-20(24-16)21(26)23-14-19-9-5-6-12-25(19)15-17-7-3-2-4-8-17/h2-4,7-8,10-11,19H,5-6,9,12,14-15H2,1H3,(H,23,26). The molecule has 2 heterocycles. The molecule has 1 aromatic heterocycles. The molecule has 134 valence electrons. The fourth-order valence-electron chi connectivity index (χ4n) is 3.42. The van der Waals surface area contributed by atoms with E-state index in [2.05, 4.69) is 45.5 Å². The number of nitriles is 1. The number of nitrogens with zero attached hydrogens (tertiary/aromatic N) is 3. The van der Waals surface area contributed by atoms with E-state index >= 15 is 0 Å². The van der Waals surface area contributed by atoms with Crippen LogP contribution in [-0.4, -0.2) is 34.9 Å². The number of likely N-dealkylation sites (tertiary alicyclic amines) is 1. The van der Waals surface area contributed by atoms with E-state index in [1.54, 1.807) is 19.1 Å². The fourth-order valence-corrected chi connectivity index (χ4v) is 3.42. The Labute approximate surface area is 154 Å². The minimum absolute atomic E-state index is 0.178. The number of carbonyl (C=O) groups excluding carboxylic acids is 1. The minimum atomic E-state index is -0.178. The highest BCUT2D eigenvalue weighted by atomic mass is 16.1. The van der Waals surface area contributed by atoms with Gasteiger partial charge in [-0.15, -0.1) is 0 Å². The maximum absolute atomic E-state index is 12.4.